The van der Waals surface area contributed by atoms with Crippen molar-refractivity contribution in [3.05, 3.63) is 6.04 Å². The molecule has 0 unspecified atom stereocenters. The Morgan fingerprint density at radius 2 is 0.960 bits per heavy atom. The van der Waals surface area contributed by atoms with E-state index in [9.17, 15) is 0 Å². The van der Waals surface area contributed by atoms with Gasteiger partial charge in [0.2, 0.25) is 0 Å². The quantitative estimate of drug-likeness (QED) is 0.206. The predicted molar refractivity (Wildman–Crippen MR) is 111 cm³/mol. The fourth-order valence-electron chi connectivity index (χ4n) is 2.95. The van der Waals surface area contributed by atoms with Crippen molar-refractivity contribution in [2.45, 2.75) is 131 Å². The predicted octanol–water partition coefficient (Wildman–Crippen LogP) is 6.86. The number of rotatable bonds is 17. The monoisotopic (exact) mass is 373 g/mol. The molecule has 1 radical (unpaired) electrons. The van der Waals surface area contributed by atoms with Crippen molar-refractivity contribution in [3.63, 3.8) is 0 Å². The fraction of sp³-hybridized carbons (Fsp3) is 0.952. The van der Waals surface area contributed by atoms with Crippen LogP contribution in [-0.4, -0.2) is 27.1 Å². The molecule has 4 heteroatoms. The molecular formula is C21H45O3Si. The summed E-state index contributed by atoms with van der Waals surface area (Å²) in [5.74, 6) is 0. The third-order valence-electron chi connectivity index (χ3n) is 3.90. The lowest BCUT2D eigenvalue weighted by Gasteiger charge is -2.34. The van der Waals surface area contributed by atoms with E-state index in [0.29, 0.717) is 0 Å². The average molecular weight is 374 g/mol. The zero-order valence-corrected chi connectivity index (χ0v) is 19.1. The Kier molecular flexibility index (Phi) is 15.2. The smallest absolute Gasteiger partial charge is 0.371 e. The van der Waals surface area contributed by atoms with Crippen molar-refractivity contribution in [2.24, 2.45) is 0 Å². The van der Waals surface area contributed by atoms with E-state index < -0.39 is 8.80 Å². The Bertz CT molecular complexity index is 266. The van der Waals surface area contributed by atoms with Crippen molar-refractivity contribution >= 4 is 8.80 Å². The Labute approximate surface area is 159 Å². The summed E-state index contributed by atoms with van der Waals surface area (Å²) < 4.78 is 18.5. The molecule has 25 heavy (non-hydrogen) atoms. The van der Waals surface area contributed by atoms with E-state index in [4.69, 9.17) is 13.3 Å². The van der Waals surface area contributed by atoms with E-state index in [1.54, 1.807) is 0 Å². The minimum absolute atomic E-state index is 0.114. The second-order valence-electron chi connectivity index (χ2n) is 7.92. The first-order valence-corrected chi connectivity index (χ1v) is 12.5. The van der Waals surface area contributed by atoms with E-state index in [0.717, 1.165) is 6.42 Å². The summed E-state index contributed by atoms with van der Waals surface area (Å²) in [6.07, 6.45) is 13.5. The maximum absolute atomic E-state index is 6.18. The first kappa shape index (κ1) is 25.1. The van der Waals surface area contributed by atoms with Gasteiger partial charge in [0.05, 0.1) is 0 Å². The van der Waals surface area contributed by atoms with Gasteiger partial charge in [-0.15, -0.1) is 0 Å². The SMILES string of the molecule is CCCCCCCCCCC[CH][Si](OC(C)C)(OC(C)C)OC(C)C. The molecule has 0 heterocycles. The van der Waals surface area contributed by atoms with Crippen LogP contribution in [0.2, 0.25) is 0 Å². The lowest BCUT2D eigenvalue weighted by Crippen LogP contribution is -2.51. The lowest BCUT2D eigenvalue weighted by atomic mass is 10.1. The molecule has 0 aliphatic heterocycles. The average Bonchev–Trinajstić information content (AvgIpc) is 2.47. The Hall–Kier alpha value is 0.0969. The van der Waals surface area contributed by atoms with Crippen LogP contribution in [0.3, 0.4) is 0 Å². The van der Waals surface area contributed by atoms with Crippen LogP contribution in [0.4, 0.5) is 0 Å². The van der Waals surface area contributed by atoms with Gasteiger partial charge in [-0.3, -0.25) is 0 Å². The molecule has 0 bridgehead atoms. The second-order valence-corrected chi connectivity index (χ2v) is 10.2. The van der Waals surface area contributed by atoms with E-state index in [1.807, 2.05) is 0 Å². The van der Waals surface area contributed by atoms with Gasteiger partial charge in [-0.05, 0) is 48.0 Å². The molecule has 0 N–H and O–H groups in total. The normalized spacial score (nSPS) is 12.7. The van der Waals surface area contributed by atoms with Gasteiger partial charge < -0.3 is 13.3 Å². The highest BCUT2D eigenvalue weighted by atomic mass is 28.4. The summed E-state index contributed by atoms with van der Waals surface area (Å²) in [5.41, 5.74) is 0. The highest BCUT2D eigenvalue weighted by Crippen LogP contribution is 2.23. The zero-order chi connectivity index (χ0) is 19.1. The van der Waals surface area contributed by atoms with Crippen LogP contribution < -0.4 is 0 Å². The van der Waals surface area contributed by atoms with Crippen LogP contribution in [-0.2, 0) is 13.3 Å². The van der Waals surface area contributed by atoms with Crippen LogP contribution in [0.15, 0.2) is 0 Å². The fourth-order valence-corrected chi connectivity index (χ4v) is 5.93. The van der Waals surface area contributed by atoms with E-state index >= 15 is 0 Å². The van der Waals surface area contributed by atoms with Gasteiger partial charge in [-0.2, -0.15) is 0 Å². The minimum Gasteiger partial charge on any atom is -0.371 e. The summed E-state index contributed by atoms with van der Waals surface area (Å²) in [6.45, 7) is 14.6. The Morgan fingerprint density at radius 1 is 0.600 bits per heavy atom. The highest BCUT2D eigenvalue weighted by molar-refractivity contribution is 6.64. The summed E-state index contributed by atoms with van der Waals surface area (Å²) in [5, 5.41) is 0. The minimum atomic E-state index is -2.70. The molecule has 0 amide bonds. The maximum Gasteiger partial charge on any atom is 0.505 e. The summed E-state index contributed by atoms with van der Waals surface area (Å²) in [4.78, 5) is 0. The van der Waals surface area contributed by atoms with Gasteiger partial charge in [0.25, 0.3) is 0 Å². The van der Waals surface area contributed by atoms with Gasteiger partial charge in [0.1, 0.15) is 0 Å². The standard InChI is InChI=1S/C21H45O3Si/c1-8-9-10-11-12-13-14-15-16-17-18-25(22-19(2)3,23-20(4)5)24-21(6)7/h18-21H,8-17H2,1-7H3. The summed E-state index contributed by atoms with van der Waals surface area (Å²) >= 11 is 0. The van der Waals surface area contributed by atoms with Crippen LogP contribution >= 0.6 is 0 Å². The molecule has 0 aliphatic carbocycles. The van der Waals surface area contributed by atoms with E-state index in [-0.39, 0.29) is 18.3 Å². The molecule has 0 aromatic carbocycles. The van der Waals surface area contributed by atoms with Crippen molar-refractivity contribution in [2.75, 3.05) is 0 Å². The molecule has 0 spiro atoms. The maximum atomic E-state index is 6.18. The van der Waals surface area contributed by atoms with Crippen molar-refractivity contribution in [1.82, 2.24) is 0 Å². The highest BCUT2D eigenvalue weighted by Gasteiger charge is 2.43. The van der Waals surface area contributed by atoms with Crippen LogP contribution in [0, 0.1) is 6.04 Å². The van der Waals surface area contributed by atoms with Gasteiger partial charge in [0, 0.05) is 24.4 Å². The largest absolute Gasteiger partial charge is 0.505 e. The Balaban J connectivity index is 4.15. The summed E-state index contributed by atoms with van der Waals surface area (Å²) in [7, 11) is -2.70. The summed E-state index contributed by atoms with van der Waals surface area (Å²) in [6, 6.07) is 2.23. The number of hydrogen-bond donors (Lipinski definition) is 0. The van der Waals surface area contributed by atoms with Crippen LogP contribution in [0.5, 0.6) is 0 Å². The zero-order valence-electron chi connectivity index (χ0n) is 18.1. The molecule has 0 aromatic heterocycles. The number of unbranched alkanes of at least 4 members (excludes halogenated alkanes) is 9. The molecule has 0 rings (SSSR count). The molecule has 0 aromatic rings. The molecule has 0 saturated carbocycles. The lowest BCUT2D eigenvalue weighted by molar-refractivity contribution is 0.00925. The Morgan fingerprint density at radius 3 is 1.32 bits per heavy atom. The number of hydrogen-bond acceptors (Lipinski definition) is 3. The van der Waals surface area contributed by atoms with Gasteiger partial charge in [-0.1, -0.05) is 64.7 Å². The van der Waals surface area contributed by atoms with Crippen molar-refractivity contribution < 1.29 is 13.3 Å². The van der Waals surface area contributed by atoms with Crippen molar-refractivity contribution in [3.8, 4) is 0 Å². The first-order chi connectivity index (χ1) is 11.8. The molecule has 0 aliphatic rings. The second kappa shape index (κ2) is 15.2. The first-order valence-electron chi connectivity index (χ1n) is 10.7. The molecule has 151 valence electrons. The third-order valence-corrected chi connectivity index (χ3v) is 7.09. The van der Waals surface area contributed by atoms with E-state index in [2.05, 4.69) is 54.5 Å². The molecule has 0 fully saturated rings. The molecule has 3 nitrogen and oxygen atoms in total. The molecule has 0 atom stereocenters. The van der Waals surface area contributed by atoms with Gasteiger partial charge >= 0.3 is 8.80 Å². The van der Waals surface area contributed by atoms with E-state index in [1.165, 1.54) is 57.8 Å². The molecule has 0 saturated heterocycles. The van der Waals surface area contributed by atoms with Crippen LogP contribution in [0.1, 0.15) is 113 Å². The van der Waals surface area contributed by atoms with Crippen molar-refractivity contribution in [1.29, 1.82) is 0 Å². The van der Waals surface area contributed by atoms with Gasteiger partial charge in [-0.25, -0.2) is 0 Å². The third kappa shape index (κ3) is 14.9. The molecular weight excluding hydrogens is 328 g/mol. The topological polar surface area (TPSA) is 27.7 Å². The van der Waals surface area contributed by atoms with Gasteiger partial charge in [0.15, 0.2) is 0 Å². The van der Waals surface area contributed by atoms with Crippen LogP contribution in [0.25, 0.3) is 0 Å².